The maximum Gasteiger partial charge on any atom is 0.143 e. The first-order valence-corrected chi connectivity index (χ1v) is 8.03. The number of anilines is 1. The number of nitrogens with zero attached hydrogens (tertiary/aromatic N) is 3. The zero-order valence-electron chi connectivity index (χ0n) is 12.8. The first kappa shape index (κ1) is 14.5. The van der Waals surface area contributed by atoms with Crippen LogP contribution in [-0.2, 0) is 4.74 Å². The molecule has 4 rings (SSSR count). The second kappa shape index (κ2) is 5.83. The molecule has 5 nitrogen and oxygen atoms in total. The van der Waals surface area contributed by atoms with Crippen LogP contribution in [0.4, 0.5) is 5.82 Å². The van der Waals surface area contributed by atoms with Crippen LogP contribution in [0.15, 0.2) is 30.7 Å². The first-order valence-electron chi connectivity index (χ1n) is 7.65. The maximum atomic E-state index is 6.44. The van der Waals surface area contributed by atoms with Crippen LogP contribution in [0.2, 0.25) is 5.02 Å². The molecule has 0 aliphatic carbocycles. The molecule has 1 aliphatic heterocycles. The van der Waals surface area contributed by atoms with E-state index in [4.69, 9.17) is 16.3 Å². The van der Waals surface area contributed by atoms with E-state index in [1.54, 1.807) is 6.33 Å². The summed E-state index contributed by atoms with van der Waals surface area (Å²) in [5.74, 6) is 0.937. The third kappa shape index (κ3) is 2.56. The van der Waals surface area contributed by atoms with Crippen molar-refractivity contribution in [2.24, 2.45) is 0 Å². The molecule has 0 bridgehead atoms. The number of morpholine rings is 1. The Labute approximate surface area is 139 Å². The van der Waals surface area contributed by atoms with Crippen LogP contribution in [0.25, 0.3) is 22.2 Å². The van der Waals surface area contributed by atoms with E-state index in [2.05, 4.69) is 32.8 Å². The lowest BCUT2D eigenvalue weighted by Crippen LogP contribution is -2.36. The van der Waals surface area contributed by atoms with Gasteiger partial charge in [0.15, 0.2) is 0 Å². The summed E-state index contributed by atoms with van der Waals surface area (Å²) in [4.78, 5) is 14.4. The van der Waals surface area contributed by atoms with Crippen molar-refractivity contribution in [1.82, 2.24) is 15.0 Å². The molecule has 1 N–H and O–H groups in total. The SMILES string of the molecule is Cc1ccc(Cl)c(-c2c[nH]c3ncnc(N4CCOCC4)c23)c1. The van der Waals surface area contributed by atoms with Crippen LogP contribution >= 0.6 is 11.6 Å². The highest BCUT2D eigenvalue weighted by Gasteiger charge is 2.20. The van der Waals surface area contributed by atoms with Gasteiger partial charge in [0.05, 0.1) is 18.6 Å². The number of hydrogen-bond acceptors (Lipinski definition) is 4. The Balaban J connectivity index is 1.92. The van der Waals surface area contributed by atoms with Gasteiger partial charge in [-0.2, -0.15) is 0 Å². The molecule has 3 aromatic rings. The number of rotatable bonds is 2. The average Bonchev–Trinajstić information content (AvgIpc) is 3.02. The number of fused-ring (bicyclic) bond motifs is 1. The fraction of sp³-hybridized carbons (Fsp3) is 0.294. The van der Waals surface area contributed by atoms with E-state index in [9.17, 15) is 0 Å². The van der Waals surface area contributed by atoms with Gasteiger partial charge in [0.2, 0.25) is 0 Å². The van der Waals surface area contributed by atoms with Gasteiger partial charge in [-0.05, 0) is 19.1 Å². The molecular weight excluding hydrogens is 312 g/mol. The van der Waals surface area contributed by atoms with E-state index in [0.29, 0.717) is 0 Å². The first-order chi connectivity index (χ1) is 11.2. The topological polar surface area (TPSA) is 54.0 Å². The Morgan fingerprint density at radius 2 is 2.00 bits per heavy atom. The molecule has 6 heteroatoms. The molecule has 1 aromatic carbocycles. The highest BCUT2D eigenvalue weighted by molar-refractivity contribution is 6.33. The van der Waals surface area contributed by atoms with Gasteiger partial charge in [0, 0.05) is 35.4 Å². The summed E-state index contributed by atoms with van der Waals surface area (Å²) < 4.78 is 5.45. The highest BCUT2D eigenvalue weighted by atomic mass is 35.5. The Morgan fingerprint density at radius 3 is 2.83 bits per heavy atom. The van der Waals surface area contributed by atoms with Crippen LogP contribution in [0.5, 0.6) is 0 Å². The Morgan fingerprint density at radius 1 is 1.17 bits per heavy atom. The minimum absolute atomic E-state index is 0.719. The third-order valence-corrected chi connectivity index (χ3v) is 4.50. The lowest BCUT2D eigenvalue weighted by atomic mass is 10.0. The second-order valence-corrected chi connectivity index (χ2v) is 6.11. The molecule has 0 spiro atoms. The Hall–Kier alpha value is -2.11. The summed E-state index contributed by atoms with van der Waals surface area (Å²) >= 11 is 6.44. The molecule has 1 saturated heterocycles. The molecule has 0 amide bonds. The Bertz CT molecular complexity index is 855. The van der Waals surface area contributed by atoms with Crippen molar-refractivity contribution in [2.75, 3.05) is 31.2 Å². The van der Waals surface area contributed by atoms with Crippen molar-refractivity contribution in [3.63, 3.8) is 0 Å². The molecular formula is C17H17ClN4O. The summed E-state index contributed by atoms with van der Waals surface area (Å²) in [7, 11) is 0. The largest absolute Gasteiger partial charge is 0.378 e. The van der Waals surface area contributed by atoms with Gasteiger partial charge in [0.25, 0.3) is 0 Å². The number of hydrogen-bond donors (Lipinski definition) is 1. The van der Waals surface area contributed by atoms with E-state index in [1.165, 1.54) is 5.56 Å². The molecule has 23 heavy (non-hydrogen) atoms. The van der Waals surface area contributed by atoms with Crippen LogP contribution in [0.1, 0.15) is 5.56 Å². The van der Waals surface area contributed by atoms with Gasteiger partial charge < -0.3 is 14.6 Å². The number of halogens is 1. The van der Waals surface area contributed by atoms with E-state index >= 15 is 0 Å². The van der Waals surface area contributed by atoms with Crippen LogP contribution in [0.3, 0.4) is 0 Å². The summed E-state index contributed by atoms with van der Waals surface area (Å²) in [6.45, 7) is 5.16. The minimum atomic E-state index is 0.719. The van der Waals surface area contributed by atoms with E-state index in [1.807, 2.05) is 18.3 Å². The zero-order chi connectivity index (χ0) is 15.8. The number of aryl methyl sites for hydroxylation is 1. The fourth-order valence-electron chi connectivity index (χ4n) is 3.02. The lowest BCUT2D eigenvalue weighted by Gasteiger charge is -2.28. The van der Waals surface area contributed by atoms with Crippen molar-refractivity contribution in [1.29, 1.82) is 0 Å². The van der Waals surface area contributed by atoms with E-state index < -0.39 is 0 Å². The zero-order valence-corrected chi connectivity index (χ0v) is 13.6. The molecule has 0 atom stereocenters. The molecule has 0 saturated carbocycles. The number of ether oxygens (including phenoxy) is 1. The van der Waals surface area contributed by atoms with Gasteiger partial charge in [-0.1, -0.05) is 23.2 Å². The predicted octanol–water partition coefficient (Wildman–Crippen LogP) is 3.42. The predicted molar refractivity (Wildman–Crippen MR) is 92.1 cm³/mol. The summed E-state index contributed by atoms with van der Waals surface area (Å²) in [6.07, 6.45) is 3.56. The quantitative estimate of drug-likeness (QED) is 0.783. The van der Waals surface area contributed by atoms with Gasteiger partial charge in [-0.15, -0.1) is 0 Å². The van der Waals surface area contributed by atoms with Gasteiger partial charge in [-0.25, -0.2) is 9.97 Å². The maximum absolute atomic E-state index is 6.44. The van der Waals surface area contributed by atoms with Crippen molar-refractivity contribution in [2.45, 2.75) is 6.92 Å². The number of benzene rings is 1. The number of H-pyrrole nitrogens is 1. The summed E-state index contributed by atoms with van der Waals surface area (Å²) in [5, 5.41) is 1.75. The molecule has 118 valence electrons. The van der Waals surface area contributed by atoms with Gasteiger partial charge in [0.1, 0.15) is 17.8 Å². The van der Waals surface area contributed by atoms with E-state index in [0.717, 1.165) is 59.3 Å². The average molecular weight is 329 g/mol. The molecule has 1 fully saturated rings. The summed E-state index contributed by atoms with van der Waals surface area (Å²) in [5.41, 5.74) is 4.04. The van der Waals surface area contributed by atoms with Crippen LogP contribution in [-0.4, -0.2) is 41.3 Å². The number of aromatic nitrogens is 3. The van der Waals surface area contributed by atoms with Crippen LogP contribution in [0, 0.1) is 6.92 Å². The van der Waals surface area contributed by atoms with Crippen LogP contribution < -0.4 is 4.90 Å². The minimum Gasteiger partial charge on any atom is -0.378 e. The molecule has 3 heterocycles. The molecule has 0 radical (unpaired) electrons. The third-order valence-electron chi connectivity index (χ3n) is 4.17. The summed E-state index contributed by atoms with van der Waals surface area (Å²) in [6, 6.07) is 6.05. The molecule has 0 unspecified atom stereocenters. The van der Waals surface area contributed by atoms with Gasteiger partial charge in [-0.3, -0.25) is 0 Å². The van der Waals surface area contributed by atoms with Crippen molar-refractivity contribution >= 4 is 28.5 Å². The van der Waals surface area contributed by atoms with E-state index in [-0.39, 0.29) is 0 Å². The number of nitrogens with one attached hydrogen (secondary N) is 1. The normalized spacial score (nSPS) is 15.3. The fourth-order valence-corrected chi connectivity index (χ4v) is 3.24. The highest BCUT2D eigenvalue weighted by Crippen LogP contribution is 2.37. The number of aromatic amines is 1. The van der Waals surface area contributed by atoms with Crippen molar-refractivity contribution < 1.29 is 4.74 Å². The van der Waals surface area contributed by atoms with Crippen molar-refractivity contribution in [3.8, 4) is 11.1 Å². The second-order valence-electron chi connectivity index (χ2n) is 5.71. The smallest absolute Gasteiger partial charge is 0.143 e. The molecule has 1 aliphatic rings. The molecule has 2 aromatic heterocycles. The van der Waals surface area contributed by atoms with Gasteiger partial charge >= 0.3 is 0 Å². The monoisotopic (exact) mass is 328 g/mol. The lowest BCUT2D eigenvalue weighted by molar-refractivity contribution is 0.122. The van der Waals surface area contributed by atoms with Crippen molar-refractivity contribution in [3.05, 3.63) is 41.3 Å². The standard InChI is InChI=1S/C17H17ClN4O/c1-11-2-3-14(18)12(8-11)13-9-19-16-15(13)17(21-10-20-16)22-4-6-23-7-5-22/h2-3,8-10H,4-7H2,1H3,(H,19,20,21). The Kier molecular flexibility index (Phi) is 3.67.